The van der Waals surface area contributed by atoms with Crippen molar-refractivity contribution >= 4 is 40.6 Å². The molecule has 0 fully saturated rings. The SMILES string of the molecule is O=C(Nc1ccc(Cl)cc1)Nc1ccc(C(=O)Nc2cccc(C(F)(F)F)c2)cc1. The van der Waals surface area contributed by atoms with E-state index >= 15 is 0 Å². The van der Waals surface area contributed by atoms with E-state index in [4.69, 9.17) is 11.6 Å². The van der Waals surface area contributed by atoms with Crippen LogP contribution in [0.2, 0.25) is 5.02 Å². The molecule has 0 heterocycles. The Labute approximate surface area is 174 Å². The molecule has 3 amide bonds. The van der Waals surface area contributed by atoms with E-state index in [-0.39, 0.29) is 11.3 Å². The van der Waals surface area contributed by atoms with Gasteiger partial charge in [0.15, 0.2) is 0 Å². The molecule has 3 aromatic rings. The third-order valence-corrected chi connectivity index (χ3v) is 4.21. The highest BCUT2D eigenvalue weighted by molar-refractivity contribution is 6.30. The van der Waals surface area contributed by atoms with Gasteiger partial charge < -0.3 is 16.0 Å². The maximum absolute atomic E-state index is 12.8. The maximum Gasteiger partial charge on any atom is 0.416 e. The van der Waals surface area contributed by atoms with Crippen LogP contribution in [0.15, 0.2) is 72.8 Å². The summed E-state index contributed by atoms with van der Waals surface area (Å²) in [5, 5.41) is 8.19. The Kier molecular flexibility index (Phi) is 6.27. The first-order valence-electron chi connectivity index (χ1n) is 8.63. The summed E-state index contributed by atoms with van der Waals surface area (Å²) in [7, 11) is 0. The summed E-state index contributed by atoms with van der Waals surface area (Å²) in [6.45, 7) is 0. The van der Waals surface area contributed by atoms with Crippen molar-refractivity contribution in [1.29, 1.82) is 0 Å². The quantitative estimate of drug-likeness (QED) is 0.454. The van der Waals surface area contributed by atoms with E-state index in [2.05, 4.69) is 16.0 Å². The average molecular weight is 434 g/mol. The minimum Gasteiger partial charge on any atom is -0.322 e. The van der Waals surface area contributed by atoms with Gasteiger partial charge in [-0.15, -0.1) is 0 Å². The first-order valence-corrected chi connectivity index (χ1v) is 9.01. The average Bonchev–Trinajstić information content (AvgIpc) is 2.70. The molecule has 0 atom stereocenters. The van der Waals surface area contributed by atoms with Crippen LogP contribution in [0.5, 0.6) is 0 Å². The lowest BCUT2D eigenvalue weighted by Crippen LogP contribution is -2.19. The van der Waals surface area contributed by atoms with Gasteiger partial charge in [-0.1, -0.05) is 17.7 Å². The number of benzene rings is 3. The number of carbonyl (C=O) groups excluding carboxylic acids is 2. The summed E-state index contributed by atoms with van der Waals surface area (Å²) in [5.41, 5.74) is 0.369. The van der Waals surface area contributed by atoms with Gasteiger partial charge in [-0.25, -0.2) is 4.79 Å². The van der Waals surface area contributed by atoms with Crippen LogP contribution in [-0.2, 0) is 6.18 Å². The highest BCUT2D eigenvalue weighted by Crippen LogP contribution is 2.30. The molecule has 0 radical (unpaired) electrons. The molecule has 3 N–H and O–H groups in total. The van der Waals surface area contributed by atoms with Crippen molar-refractivity contribution in [2.45, 2.75) is 6.18 Å². The Morgan fingerprint density at radius 1 is 0.733 bits per heavy atom. The van der Waals surface area contributed by atoms with Crippen molar-refractivity contribution in [3.05, 3.63) is 88.9 Å². The van der Waals surface area contributed by atoms with Crippen molar-refractivity contribution in [3.8, 4) is 0 Å². The van der Waals surface area contributed by atoms with Crippen molar-refractivity contribution in [2.24, 2.45) is 0 Å². The Hall–Kier alpha value is -3.52. The Morgan fingerprint density at radius 2 is 1.30 bits per heavy atom. The lowest BCUT2D eigenvalue weighted by atomic mass is 10.1. The molecule has 5 nitrogen and oxygen atoms in total. The fourth-order valence-electron chi connectivity index (χ4n) is 2.51. The topological polar surface area (TPSA) is 70.2 Å². The molecule has 3 rings (SSSR count). The zero-order valence-electron chi connectivity index (χ0n) is 15.3. The van der Waals surface area contributed by atoms with E-state index in [1.807, 2.05) is 0 Å². The van der Waals surface area contributed by atoms with Gasteiger partial charge in [0, 0.05) is 27.6 Å². The predicted molar refractivity (Wildman–Crippen MR) is 110 cm³/mol. The molecule has 0 aliphatic carbocycles. The van der Waals surface area contributed by atoms with Crippen LogP contribution in [0.25, 0.3) is 0 Å². The Balaban J connectivity index is 1.60. The van der Waals surface area contributed by atoms with Crippen LogP contribution in [0.1, 0.15) is 15.9 Å². The molecule has 0 spiro atoms. The smallest absolute Gasteiger partial charge is 0.322 e. The molecule has 154 valence electrons. The van der Waals surface area contributed by atoms with Gasteiger partial charge >= 0.3 is 12.2 Å². The van der Waals surface area contributed by atoms with Gasteiger partial charge in [0.2, 0.25) is 0 Å². The standard InChI is InChI=1S/C21H15ClF3N3O2/c22-15-6-10-17(11-7-15)28-20(30)27-16-8-4-13(5-9-16)19(29)26-18-3-1-2-14(12-18)21(23,24)25/h1-12H,(H,26,29)(H2,27,28,30). The molecular formula is C21H15ClF3N3O2. The summed E-state index contributed by atoms with van der Waals surface area (Å²) >= 11 is 5.79. The fourth-order valence-corrected chi connectivity index (χ4v) is 2.63. The number of hydrogen-bond acceptors (Lipinski definition) is 2. The second-order valence-electron chi connectivity index (χ2n) is 6.20. The molecule has 0 unspecified atom stereocenters. The summed E-state index contributed by atoms with van der Waals surface area (Å²) < 4.78 is 38.3. The molecule has 0 aliphatic heterocycles. The van der Waals surface area contributed by atoms with E-state index in [1.165, 1.54) is 36.4 Å². The normalized spacial score (nSPS) is 10.9. The second kappa shape index (κ2) is 8.87. The fraction of sp³-hybridized carbons (Fsp3) is 0.0476. The zero-order valence-corrected chi connectivity index (χ0v) is 16.0. The van der Waals surface area contributed by atoms with E-state index in [9.17, 15) is 22.8 Å². The van der Waals surface area contributed by atoms with Crippen LogP contribution < -0.4 is 16.0 Å². The number of hydrogen-bond donors (Lipinski definition) is 3. The molecule has 0 saturated heterocycles. The van der Waals surface area contributed by atoms with Crippen LogP contribution in [0, 0.1) is 0 Å². The van der Waals surface area contributed by atoms with E-state index in [1.54, 1.807) is 24.3 Å². The number of rotatable bonds is 4. The molecule has 3 aromatic carbocycles. The third-order valence-electron chi connectivity index (χ3n) is 3.95. The molecule has 0 saturated carbocycles. The number of nitrogens with one attached hydrogen (secondary N) is 3. The highest BCUT2D eigenvalue weighted by atomic mass is 35.5. The van der Waals surface area contributed by atoms with E-state index in [0.29, 0.717) is 16.4 Å². The van der Waals surface area contributed by atoms with Crippen LogP contribution >= 0.6 is 11.6 Å². The minimum absolute atomic E-state index is 0.0272. The lowest BCUT2D eigenvalue weighted by Gasteiger charge is -2.11. The van der Waals surface area contributed by atoms with E-state index in [0.717, 1.165) is 12.1 Å². The summed E-state index contributed by atoms with van der Waals surface area (Å²) in [5.74, 6) is -0.577. The number of anilines is 3. The first-order chi connectivity index (χ1) is 14.2. The number of alkyl halides is 3. The van der Waals surface area contributed by atoms with Crippen molar-refractivity contribution in [2.75, 3.05) is 16.0 Å². The summed E-state index contributed by atoms with van der Waals surface area (Å²) in [6, 6.07) is 16.3. The molecule has 0 aromatic heterocycles. The number of amides is 3. The Morgan fingerprint density at radius 3 is 1.87 bits per heavy atom. The second-order valence-corrected chi connectivity index (χ2v) is 6.63. The number of halogens is 4. The van der Waals surface area contributed by atoms with Crippen molar-refractivity contribution in [1.82, 2.24) is 0 Å². The summed E-state index contributed by atoms with van der Waals surface area (Å²) in [6.07, 6.45) is -4.50. The highest BCUT2D eigenvalue weighted by Gasteiger charge is 2.30. The van der Waals surface area contributed by atoms with Gasteiger partial charge in [0.05, 0.1) is 5.56 Å². The molecule has 9 heteroatoms. The predicted octanol–water partition coefficient (Wildman–Crippen LogP) is 6.26. The van der Waals surface area contributed by atoms with Gasteiger partial charge in [0.25, 0.3) is 5.91 Å². The van der Waals surface area contributed by atoms with Gasteiger partial charge in [-0.05, 0) is 66.7 Å². The largest absolute Gasteiger partial charge is 0.416 e. The Bertz CT molecular complexity index is 1050. The van der Waals surface area contributed by atoms with E-state index < -0.39 is 23.7 Å². The first kappa shape index (κ1) is 21.2. The van der Waals surface area contributed by atoms with Crippen molar-refractivity contribution in [3.63, 3.8) is 0 Å². The van der Waals surface area contributed by atoms with Crippen LogP contribution in [-0.4, -0.2) is 11.9 Å². The van der Waals surface area contributed by atoms with Crippen LogP contribution in [0.4, 0.5) is 35.0 Å². The minimum atomic E-state index is -4.50. The molecule has 0 bridgehead atoms. The monoisotopic (exact) mass is 433 g/mol. The molecular weight excluding hydrogens is 419 g/mol. The van der Waals surface area contributed by atoms with Gasteiger partial charge in [0.1, 0.15) is 0 Å². The zero-order chi connectivity index (χ0) is 21.7. The van der Waals surface area contributed by atoms with Crippen LogP contribution in [0.3, 0.4) is 0 Å². The number of urea groups is 1. The lowest BCUT2D eigenvalue weighted by molar-refractivity contribution is -0.137. The third kappa shape index (κ3) is 5.74. The summed E-state index contributed by atoms with van der Waals surface area (Å²) in [4.78, 5) is 24.3. The van der Waals surface area contributed by atoms with Gasteiger partial charge in [-0.2, -0.15) is 13.2 Å². The maximum atomic E-state index is 12.8. The number of carbonyl (C=O) groups is 2. The molecule has 30 heavy (non-hydrogen) atoms. The van der Waals surface area contributed by atoms with Crippen molar-refractivity contribution < 1.29 is 22.8 Å². The van der Waals surface area contributed by atoms with Gasteiger partial charge in [-0.3, -0.25) is 4.79 Å². The molecule has 0 aliphatic rings.